The first-order valence-electron chi connectivity index (χ1n) is 5.95. The van der Waals surface area contributed by atoms with E-state index in [1.165, 1.54) is 16.2 Å². The first kappa shape index (κ1) is 14.0. The van der Waals surface area contributed by atoms with E-state index >= 15 is 0 Å². The third-order valence-electron chi connectivity index (χ3n) is 2.55. The van der Waals surface area contributed by atoms with Gasteiger partial charge in [0.25, 0.3) is 5.91 Å². The van der Waals surface area contributed by atoms with E-state index in [1.54, 1.807) is 11.3 Å². The predicted molar refractivity (Wildman–Crippen MR) is 78.1 cm³/mol. The van der Waals surface area contributed by atoms with Gasteiger partial charge in [-0.15, -0.1) is 22.7 Å². The Bertz CT molecular complexity index is 571. The molecule has 0 saturated heterocycles. The summed E-state index contributed by atoms with van der Waals surface area (Å²) >= 11 is 3.01. The van der Waals surface area contributed by atoms with Crippen LogP contribution < -0.4 is 0 Å². The summed E-state index contributed by atoms with van der Waals surface area (Å²) in [6.45, 7) is 4.14. The number of amides is 1. The zero-order valence-electron chi connectivity index (χ0n) is 10.8. The normalized spacial score (nSPS) is 11.1. The van der Waals surface area contributed by atoms with Gasteiger partial charge in [0.1, 0.15) is 6.54 Å². The molecule has 0 radical (unpaired) electrons. The Morgan fingerprint density at radius 2 is 2.11 bits per heavy atom. The largest absolute Gasteiger partial charge is 0.480 e. The van der Waals surface area contributed by atoms with Crippen molar-refractivity contribution in [3.8, 4) is 0 Å². The molecule has 2 aromatic heterocycles. The van der Waals surface area contributed by atoms with Crippen LogP contribution in [0.15, 0.2) is 17.5 Å². The number of aliphatic carboxylic acids is 1. The van der Waals surface area contributed by atoms with Crippen molar-refractivity contribution in [2.24, 2.45) is 5.92 Å². The molecular weight excluding hydrogens is 282 g/mol. The quantitative estimate of drug-likeness (QED) is 0.922. The molecule has 0 atom stereocenters. The standard InChI is InChI=1S/C13H15NO3S2/c1-8(2)6-14(7-12(15)16)13(17)11-5-10-9(19-11)3-4-18-10/h3-5,8H,6-7H2,1-2H3,(H,15,16). The second kappa shape index (κ2) is 5.71. The molecule has 2 aromatic rings. The van der Waals surface area contributed by atoms with E-state index in [4.69, 9.17) is 5.11 Å². The Morgan fingerprint density at radius 3 is 2.68 bits per heavy atom. The van der Waals surface area contributed by atoms with Gasteiger partial charge >= 0.3 is 5.97 Å². The van der Waals surface area contributed by atoms with E-state index < -0.39 is 5.97 Å². The molecule has 2 rings (SSSR count). The molecule has 2 heterocycles. The lowest BCUT2D eigenvalue weighted by atomic mass is 10.2. The first-order valence-corrected chi connectivity index (χ1v) is 7.65. The average Bonchev–Trinajstić information content (AvgIpc) is 2.85. The molecule has 0 aliphatic carbocycles. The van der Waals surface area contributed by atoms with Crippen LogP contribution in [0.4, 0.5) is 0 Å². The van der Waals surface area contributed by atoms with Crippen LogP contribution >= 0.6 is 22.7 Å². The van der Waals surface area contributed by atoms with Gasteiger partial charge < -0.3 is 10.0 Å². The number of nitrogens with zero attached hydrogens (tertiary/aromatic N) is 1. The van der Waals surface area contributed by atoms with Gasteiger partial charge in [0, 0.05) is 15.9 Å². The third-order valence-corrected chi connectivity index (χ3v) is 4.63. The number of carboxylic acids is 1. The highest BCUT2D eigenvalue weighted by Gasteiger charge is 2.21. The van der Waals surface area contributed by atoms with Crippen molar-refractivity contribution >= 4 is 43.9 Å². The number of rotatable bonds is 5. The van der Waals surface area contributed by atoms with Crippen molar-refractivity contribution in [3.05, 3.63) is 22.4 Å². The Hall–Kier alpha value is -1.40. The fourth-order valence-electron chi connectivity index (χ4n) is 1.85. The predicted octanol–water partition coefficient (Wildman–Crippen LogP) is 3.15. The average molecular weight is 297 g/mol. The van der Waals surface area contributed by atoms with Crippen LogP contribution in [0, 0.1) is 5.92 Å². The molecule has 4 nitrogen and oxygen atoms in total. The van der Waals surface area contributed by atoms with Crippen LogP contribution in [0.1, 0.15) is 23.5 Å². The minimum Gasteiger partial charge on any atom is -0.480 e. The summed E-state index contributed by atoms with van der Waals surface area (Å²) in [6.07, 6.45) is 0. The summed E-state index contributed by atoms with van der Waals surface area (Å²) < 4.78 is 2.15. The van der Waals surface area contributed by atoms with Crippen LogP contribution in [0.5, 0.6) is 0 Å². The van der Waals surface area contributed by atoms with E-state index in [0.29, 0.717) is 11.4 Å². The SMILES string of the molecule is CC(C)CN(CC(=O)O)C(=O)c1cc2sccc2s1. The molecule has 0 aromatic carbocycles. The Balaban J connectivity index is 2.22. The Labute approximate surface area is 119 Å². The monoisotopic (exact) mass is 297 g/mol. The highest BCUT2D eigenvalue weighted by molar-refractivity contribution is 7.27. The third kappa shape index (κ3) is 3.33. The summed E-state index contributed by atoms with van der Waals surface area (Å²) in [5.41, 5.74) is 0. The van der Waals surface area contributed by atoms with E-state index in [9.17, 15) is 9.59 Å². The van der Waals surface area contributed by atoms with Crippen molar-refractivity contribution < 1.29 is 14.7 Å². The van der Waals surface area contributed by atoms with E-state index in [0.717, 1.165) is 9.40 Å². The summed E-state index contributed by atoms with van der Waals surface area (Å²) in [5, 5.41) is 10.9. The second-order valence-corrected chi connectivity index (χ2v) is 6.76. The molecule has 102 valence electrons. The van der Waals surface area contributed by atoms with Crippen molar-refractivity contribution in [1.29, 1.82) is 0 Å². The van der Waals surface area contributed by atoms with Crippen LogP contribution in [-0.4, -0.2) is 35.0 Å². The van der Waals surface area contributed by atoms with Gasteiger partial charge in [-0.2, -0.15) is 0 Å². The fourth-order valence-corrected chi connectivity index (χ4v) is 3.93. The lowest BCUT2D eigenvalue weighted by Crippen LogP contribution is -2.37. The van der Waals surface area contributed by atoms with Crippen LogP contribution in [0.25, 0.3) is 9.40 Å². The van der Waals surface area contributed by atoms with Gasteiger partial charge in [0.2, 0.25) is 0 Å². The van der Waals surface area contributed by atoms with Crippen LogP contribution in [-0.2, 0) is 4.79 Å². The van der Waals surface area contributed by atoms with E-state index in [1.807, 2.05) is 31.4 Å². The minimum atomic E-state index is -0.979. The maximum absolute atomic E-state index is 12.4. The zero-order valence-corrected chi connectivity index (χ0v) is 12.4. The Kier molecular flexibility index (Phi) is 4.21. The van der Waals surface area contributed by atoms with E-state index in [2.05, 4.69) is 0 Å². The van der Waals surface area contributed by atoms with Gasteiger partial charge in [0.15, 0.2) is 0 Å². The van der Waals surface area contributed by atoms with Crippen molar-refractivity contribution in [2.45, 2.75) is 13.8 Å². The van der Waals surface area contributed by atoms with Crippen LogP contribution in [0.2, 0.25) is 0 Å². The number of carbonyl (C=O) groups excluding carboxylic acids is 1. The molecular formula is C13H15NO3S2. The summed E-state index contributed by atoms with van der Waals surface area (Å²) in [6, 6.07) is 3.83. The lowest BCUT2D eigenvalue weighted by molar-refractivity contribution is -0.137. The smallest absolute Gasteiger partial charge is 0.323 e. The Morgan fingerprint density at radius 1 is 1.37 bits per heavy atom. The number of thiophene rings is 2. The van der Waals surface area contributed by atoms with Crippen LogP contribution in [0.3, 0.4) is 0 Å². The zero-order chi connectivity index (χ0) is 14.0. The number of fused-ring (bicyclic) bond motifs is 1. The fraction of sp³-hybridized carbons (Fsp3) is 0.385. The molecule has 0 saturated carbocycles. The van der Waals surface area contributed by atoms with Crippen molar-refractivity contribution in [2.75, 3.05) is 13.1 Å². The number of carboxylic acid groups (broad SMARTS) is 1. The molecule has 0 bridgehead atoms. The summed E-state index contributed by atoms with van der Waals surface area (Å²) in [5.74, 6) is -0.929. The summed E-state index contributed by atoms with van der Waals surface area (Å²) in [4.78, 5) is 25.2. The molecule has 0 aliphatic rings. The van der Waals surface area contributed by atoms with Gasteiger partial charge in [-0.25, -0.2) is 0 Å². The highest BCUT2D eigenvalue weighted by atomic mass is 32.1. The lowest BCUT2D eigenvalue weighted by Gasteiger charge is -2.21. The number of hydrogen-bond acceptors (Lipinski definition) is 4. The maximum atomic E-state index is 12.4. The van der Waals surface area contributed by atoms with Gasteiger partial charge in [-0.05, 0) is 23.4 Å². The number of carbonyl (C=O) groups is 2. The first-order chi connectivity index (χ1) is 8.97. The molecule has 0 spiro atoms. The topological polar surface area (TPSA) is 57.6 Å². The van der Waals surface area contributed by atoms with Crippen molar-refractivity contribution in [3.63, 3.8) is 0 Å². The van der Waals surface area contributed by atoms with Crippen molar-refractivity contribution in [1.82, 2.24) is 4.90 Å². The van der Waals surface area contributed by atoms with Gasteiger partial charge in [-0.3, -0.25) is 9.59 Å². The molecule has 6 heteroatoms. The maximum Gasteiger partial charge on any atom is 0.323 e. The molecule has 19 heavy (non-hydrogen) atoms. The number of hydrogen-bond donors (Lipinski definition) is 1. The van der Waals surface area contributed by atoms with E-state index in [-0.39, 0.29) is 18.4 Å². The molecule has 0 unspecified atom stereocenters. The molecule has 1 amide bonds. The molecule has 0 aliphatic heterocycles. The summed E-state index contributed by atoms with van der Waals surface area (Å²) in [7, 11) is 0. The second-order valence-electron chi connectivity index (χ2n) is 4.73. The molecule has 1 N–H and O–H groups in total. The minimum absolute atomic E-state index is 0.190. The van der Waals surface area contributed by atoms with Gasteiger partial charge in [-0.1, -0.05) is 13.8 Å². The van der Waals surface area contributed by atoms with Gasteiger partial charge in [0.05, 0.1) is 4.88 Å². The molecule has 0 fully saturated rings. The highest BCUT2D eigenvalue weighted by Crippen LogP contribution is 2.30.